The SMILES string of the molecule is CNC1CN(C2=NC(=O)CS2)C1. The molecule has 0 unspecified atom stereocenters. The normalized spacial score (nSPS) is 24.2. The molecule has 2 aliphatic rings. The van der Waals surface area contributed by atoms with Gasteiger partial charge in [-0.25, -0.2) is 0 Å². The van der Waals surface area contributed by atoms with Crippen LogP contribution in [0.2, 0.25) is 0 Å². The van der Waals surface area contributed by atoms with Crippen molar-refractivity contribution in [3.8, 4) is 0 Å². The van der Waals surface area contributed by atoms with Gasteiger partial charge in [0.1, 0.15) is 0 Å². The maximum absolute atomic E-state index is 10.8. The van der Waals surface area contributed by atoms with Gasteiger partial charge < -0.3 is 10.2 Å². The van der Waals surface area contributed by atoms with Gasteiger partial charge in [0, 0.05) is 19.1 Å². The number of likely N-dealkylation sites (N-methyl/N-ethyl adjacent to an activating group) is 1. The van der Waals surface area contributed by atoms with Gasteiger partial charge in [0.2, 0.25) is 0 Å². The molecule has 0 aromatic heterocycles. The molecule has 1 fully saturated rings. The molecule has 0 aromatic rings. The van der Waals surface area contributed by atoms with Gasteiger partial charge in [-0.3, -0.25) is 4.79 Å². The lowest BCUT2D eigenvalue weighted by Crippen LogP contribution is -2.58. The van der Waals surface area contributed by atoms with E-state index in [1.54, 1.807) is 11.8 Å². The maximum atomic E-state index is 10.8. The molecule has 0 atom stereocenters. The minimum absolute atomic E-state index is 0.00269. The fraction of sp³-hybridized carbons (Fsp3) is 0.714. The Labute approximate surface area is 75.4 Å². The third-order valence-corrected chi connectivity index (χ3v) is 3.10. The molecule has 5 heteroatoms. The molecule has 2 heterocycles. The molecule has 1 saturated heterocycles. The fourth-order valence-corrected chi connectivity index (χ4v) is 2.09. The number of thioether (sulfide) groups is 1. The molecule has 0 aromatic carbocycles. The Morgan fingerprint density at radius 2 is 2.42 bits per heavy atom. The Hall–Kier alpha value is -0.550. The molecule has 0 spiro atoms. The van der Waals surface area contributed by atoms with E-state index in [1.807, 2.05) is 7.05 Å². The summed E-state index contributed by atoms with van der Waals surface area (Å²) in [5, 5.41) is 4.08. The van der Waals surface area contributed by atoms with E-state index in [1.165, 1.54) is 0 Å². The lowest BCUT2D eigenvalue weighted by molar-refractivity contribution is -0.115. The molecule has 0 aliphatic carbocycles. The highest BCUT2D eigenvalue weighted by Gasteiger charge is 2.30. The summed E-state index contributed by atoms with van der Waals surface area (Å²) >= 11 is 1.55. The van der Waals surface area contributed by atoms with E-state index in [4.69, 9.17) is 0 Å². The predicted octanol–water partition coefficient (Wildman–Crippen LogP) is -0.481. The van der Waals surface area contributed by atoms with Gasteiger partial charge in [0.25, 0.3) is 5.91 Å². The standard InChI is InChI=1S/C7H11N3OS/c1-8-5-2-10(3-5)7-9-6(11)4-12-7/h5,8H,2-4H2,1H3. The first-order chi connectivity index (χ1) is 5.79. The Morgan fingerprint density at radius 1 is 1.67 bits per heavy atom. The molecular weight excluding hydrogens is 174 g/mol. The predicted molar refractivity (Wildman–Crippen MR) is 49.3 cm³/mol. The Balaban J connectivity index is 1.88. The van der Waals surface area contributed by atoms with Crippen molar-refractivity contribution < 1.29 is 4.79 Å². The second-order valence-corrected chi connectivity index (χ2v) is 3.91. The lowest BCUT2D eigenvalue weighted by Gasteiger charge is -2.39. The van der Waals surface area contributed by atoms with Crippen LogP contribution in [0.4, 0.5) is 0 Å². The van der Waals surface area contributed by atoms with Crippen molar-refractivity contribution in [1.29, 1.82) is 0 Å². The van der Waals surface area contributed by atoms with Crippen molar-refractivity contribution in [2.75, 3.05) is 25.9 Å². The van der Waals surface area contributed by atoms with Gasteiger partial charge >= 0.3 is 0 Å². The summed E-state index contributed by atoms with van der Waals surface area (Å²) in [5.41, 5.74) is 0. The van der Waals surface area contributed by atoms with Gasteiger partial charge in [-0.15, -0.1) is 0 Å². The van der Waals surface area contributed by atoms with Crippen LogP contribution in [0.1, 0.15) is 0 Å². The Kier molecular flexibility index (Phi) is 2.06. The summed E-state index contributed by atoms with van der Waals surface area (Å²) in [6.07, 6.45) is 0. The van der Waals surface area contributed by atoms with Crippen LogP contribution in [0.25, 0.3) is 0 Å². The second kappa shape index (κ2) is 3.06. The molecule has 4 nitrogen and oxygen atoms in total. The molecular formula is C7H11N3OS. The first-order valence-corrected chi connectivity index (χ1v) is 4.94. The average Bonchev–Trinajstić information content (AvgIpc) is 2.34. The van der Waals surface area contributed by atoms with Gasteiger partial charge in [-0.1, -0.05) is 11.8 Å². The molecule has 1 amide bonds. The molecule has 0 bridgehead atoms. The molecule has 0 saturated carbocycles. The highest BCUT2D eigenvalue weighted by molar-refractivity contribution is 8.14. The second-order valence-electron chi connectivity index (χ2n) is 2.97. The number of hydrogen-bond donors (Lipinski definition) is 1. The van der Waals surface area contributed by atoms with Crippen LogP contribution < -0.4 is 5.32 Å². The van der Waals surface area contributed by atoms with Crippen LogP contribution in [0.3, 0.4) is 0 Å². The summed E-state index contributed by atoms with van der Waals surface area (Å²) in [6.45, 7) is 1.96. The zero-order valence-corrected chi connectivity index (χ0v) is 7.73. The monoisotopic (exact) mass is 185 g/mol. The van der Waals surface area contributed by atoms with E-state index in [2.05, 4.69) is 15.2 Å². The number of amidine groups is 1. The quantitative estimate of drug-likeness (QED) is 0.599. The number of likely N-dealkylation sites (tertiary alicyclic amines) is 1. The summed E-state index contributed by atoms with van der Waals surface area (Å²) in [6, 6.07) is 0.573. The van der Waals surface area contributed by atoms with Crippen molar-refractivity contribution in [3.05, 3.63) is 0 Å². The Bertz CT molecular complexity index is 235. The highest BCUT2D eigenvalue weighted by atomic mass is 32.2. The van der Waals surface area contributed by atoms with E-state index in [-0.39, 0.29) is 5.91 Å². The van der Waals surface area contributed by atoms with Crippen LogP contribution in [-0.4, -0.2) is 47.9 Å². The number of amides is 1. The molecule has 2 rings (SSSR count). The van der Waals surface area contributed by atoms with Crippen LogP contribution in [0.5, 0.6) is 0 Å². The summed E-state index contributed by atoms with van der Waals surface area (Å²) in [4.78, 5) is 16.9. The number of nitrogens with one attached hydrogen (secondary N) is 1. The van der Waals surface area contributed by atoms with Crippen LogP contribution >= 0.6 is 11.8 Å². The molecule has 12 heavy (non-hydrogen) atoms. The van der Waals surface area contributed by atoms with Gasteiger partial charge in [0.05, 0.1) is 5.75 Å². The summed E-state index contributed by atoms with van der Waals surface area (Å²) in [5.74, 6) is 0.527. The van der Waals surface area contributed by atoms with Crippen LogP contribution in [0, 0.1) is 0 Å². The minimum atomic E-state index is 0.00269. The summed E-state index contributed by atoms with van der Waals surface area (Å²) < 4.78 is 0. The maximum Gasteiger partial charge on any atom is 0.258 e. The van der Waals surface area contributed by atoms with E-state index >= 15 is 0 Å². The zero-order chi connectivity index (χ0) is 8.55. The number of carbonyl (C=O) groups is 1. The minimum Gasteiger partial charge on any atom is -0.348 e. The van der Waals surface area contributed by atoms with Crippen LogP contribution in [-0.2, 0) is 4.79 Å². The largest absolute Gasteiger partial charge is 0.348 e. The lowest BCUT2D eigenvalue weighted by atomic mass is 10.1. The van der Waals surface area contributed by atoms with Crippen molar-refractivity contribution in [1.82, 2.24) is 10.2 Å². The summed E-state index contributed by atoms with van der Waals surface area (Å²) in [7, 11) is 1.96. The van der Waals surface area contributed by atoms with Crippen LogP contribution in [0.15, 0.2) is 4.99 Å². The highest BCUT2D eigenvalue weighted by Crippen LogP contribution is 2.20. The van der Waals surface area contributed by atoms with E-state index < -0.39 is 0 Å². The molecule has 1 N–H and O–H groups in total. The zero-order valence-electron chi connectivity index (χ0n) is 6.91. The fourth-order valence-electron chi connectivity index (χ4n) is 1.28. The number of aliphatic imine (C=N–C) groups is 1. The van der Waals surface area contributed by atoms with Crippen molar-refractivity contribution in [2.24, 2.45) is 4.99 Å². The Morgan fingerprint density at radius 3 is 2.92 bits per heavy atom. The third kappa shape index (κ3) is 1.34. The van der Waals surface area contributed by atoms with E-state index in [0.717, 1.165) is 18.3 Å². The van der Waals surface area contributed by atoms with E-state index in [9.17, 15) is 4.79 Å². The van der Waals surface area contributed by atoms with Crippen molar-refractivity contribution in [2.45, 2.75) is 6.04 Å². The smallest absolute Gasteiger partial charge is 0.258 e. The van der Waals surface area contributed by atoms with Gasteiger partial charge in [0.15, 0.2) is 5.17 Å². The molecule has 66 valence electrons. The number of rotatable bonds is 1. The van der Waals surface area contributed by atoms with Crippen molar-refractivity contribution in [3.63, 3.8) is 0 Å². The topological polar surface area (TPSA) is 44.7 Å². The van der Waals surface area contributed by atoms with Crippen molar-refractivity contribution >= 4 is 22.8 Å². The first kappa shape index (κ1) is 8.07. The van der Waals surface area contributed by atoms with Gasteiger partial charge in [-0.2, -0.15) is 4.99 Å². The first-order valence-electron chi connectivity index (χ1n) is 3.96. The van der Waals surface area contributed by atoms with E-state index in [0.29, 0.717) is 11.8 Å². The number of carbonyl (C=O) groups excluding carboxylic acids is 1. The number of nitrogens with zero attached hydrogens (tertiary/aromatic N) is 2. The molecule has 0 radical (unpaired) electrons. The average molecular weight is 185 g/mol. The van der Waals surface area contributed by atoms with Gasteiger partial charge in [-0.05, 0) is 7.05 Å². The third-order valence-electron chi connectivity index (χ3n) is 2.11. The molecule has 2 aliphatic heterocycles. The number of hydrogen-bond acceptors (Lipinski definition) is 4.